The summed E-state index contributed by atoms with van der Waals surface area (Å²) >= 11 is 0. The quantitative estimate of drug-likeness (QED) is 0.157. The zero-order valence-electron chi connectivity index (χ0n) is 34.8. The van der Waals surface area contributed by atoms with Crippen molar-refractivity contribution in [3.05, 3.63) is 231 Å². The number of benzene rings is 12. The van der Waals surface area contributed by atoms with Crippen molar-refractivity contribution in [2.75, 3.05) is 0 Å². The Bertz CT molecular complexity index is 3840. The van der Waals surface area contributed by atoms with Gasteiger partial charge in [0, 0.05) is 32.9 Å². The third-order valence-electron chi connectivity index (χ3n) is 13.9. The van der Waals surface area contributed by atoms with Gasteiger partial charge in [-0.25, -0.2) is 0 Å². The fourth-order valence-electron chi connectivity index (χ4n) is 11.1. The lowest BCUT2D eigenvalue weighted by atomic mass is 9.84. The van der Waals surface area contributed by atoms with E-state index in [1.54, 1.807) is 0 Å². The molecule has 2 heteroatoms. The molecule has 2 aromatic heterocycles. The molecule has 0 N–H and O–H groups in total. The van der Waals surface area contributed by atoms with Crippen LogP contribution < -0.4 is 0 Å². The second-order valence-electron chi connectivity index (χ2n) is 17.2. The molecule has 12 aromatic carbocycles. The summed E-state index contributed by atoms with van der Waals surface area (Å²) in [5.41, 5.74) is 12.1. The van der Waals surface area contributed by atoms with Gasteiger partial charge >= 0.3 is 0 Å². The summed E-state index contributed by atoms with van der Waals surface area (Å²) in [7, 11) is 0. The summed E-state index contributed by atoms with van der Waals surface area (Å²) in [5, 5.41) is 17.8. The Hall–Kier alpha value is -8.46. The Labute approximate surface area is 369 Å². The number of para-hydroxylation sites is 4. The van der Waals surface area contributed by atoms with E-state index in [4.69, 9.17) is 0 Å². The molecule has 14 aromatic rings. The SMILES string of the molecule is c1ccc2c(c1)c(-c1ccc(-n3c4ccccc4c4ccccc43)cc1)cc1c3ccccc3c3cc(-c4ccc(-n5c6ccccc6c6ccccc65)cc4)c4ccccc4c3c21. The standard InChI is InChI=1S/C62H38N2/c1-2-16-44-43(15-1)55-37-53(39-29-33-41(34-30-39)63-57-25-11-7-19-47(57)48-20-8-12-26-58(48)63)45-17-3-5-23-51(45)61(55)62-52-24-6-4-18-46(52)54(38-56(44)62)40-31-35-42(36-32-40)64-59-27-13-9-21-49(59)50-22-10-14-28-60(50)64/h1-38H. The van der Waals surface area contributed by atoms with Crippen LogP contribution >= 0.6 is 0 Å². The van der Waals surface area contributed by atoms with E-state index in [0.717, 1.165) is 11.4 Å². The van der Waals surface area contributed by atoms with Gasteiger partial charge in [-0.3, -0.25) is 0 Å². The van der Waals surface area contributed by atoms with Crippen molar-refractivity contribution in [3.8, 4) is 33.6 Å². The molecule has 0 saturated heterocycles. The van der Waals surface area contributed by atoms with Crippen LogP contribution in [0.1, 0.15) is 0 Å². The van der Waals surface area contributed by atoms with Gasteiger partial charge in [-0.2, -0.15) is 0 Å². The van der Waals surface area contributed by atoms with E-state index in [0.29, 0.717) is 0 Å². The van der Waals surface area contributed by atoms with Gasteiger partial charge in [-0.1, -0.05) is 170 Å². The second kappa shape index (κ2) is 13.5. The number of hydrogen-bond acceptors (Lipinski definition) is 0. The number of hydrogen-bond donors (Lipinski definition) is 0. The summed E-state index contributed by atoms with van der Waals surface area (Å²) in [6.45, 7) is 0. The average molecular weight is 811 g/mol. The van der Waals surface area contributed by atoms with E-state index in [1.165, 1.54) is 120 Å². The minimum Gasteiger partial charge on any atom is -0.309 e. The van der Waals surface area contributed by atoms with Gasteiger partial charge in [-0.05, 0) is 137 Å². The van der Waals surface area contributed by atoms with Gasteiger partial charge in [0.15, 0.2) is 0 Å². The zero-order chi connectivity index (χ0) is 41.9. The minimum atomic E-state index is 1.16. The van der Waals surface area contributed by atoms with E-state index in [-0.39, 0.29) is 0 Å². The molecule has 0 unspecified atom stereocenters. The number of nitrogens with zero attached hydrogens (tertiary/aromatic N) is 2. The first kappa shape index (κ1) is 35.2. The van der Waals surface area contributed by atoms with Crippen LogP contribution in [0, 0.1) is 0 Å². The van der Waals surface area contributed by atoms with Gasteiger partial charge in [0.25, 0.3) is 0 Å². The van der Waals surface area contributed by atoms with Crippen molar-refractivity contribution < 1.29 is 0 Å². The summed E-state index contributed by atoms with van der Waals surface area (Å²) in [5.74, 6) is 0. The topological polar surface area (TPSA) is 9.86 Å². The molecule has 14 rings (SSSR count). The van der Waals surface area contributed by atoms with E-state index in [1.807, 2.05) is 0 Å². The fraction of sp³-hybridized carbons (Fsp3) is 0. The molecule has 2 nitrogen and oxygen atoms in total. The summed E-state index contributed by atoms with van der Waals surface area (Å²) in [6, 6.07) is 85.3. The zero-order valence-corrected chi connectivity index (χ0v) is 34.8. The molecule has 0 fully saturated rings. The van der Waals surface area contributed by atoms with Crippen LogP contribution in [0.4, 0.5) is 0 Å². The predicted octanol–water partition coefficient (Wildman–Crippen LogP) is 17.0. The van der Waals surface area contributed by atoms with Crippen LogP contribution in [0.2, 0.25) is 0 Å². The third kappa shape index (κ3) is 4.96. The van der Waals surface area contributed by atoms with Crippen molar-refractivity contribution >= 4 is 97.5 Å². The molecule has 0 aliphatic rings. The van der Waals surface area contributed by atoms with Gasteiger partial charge in [0.05, 0.1) is 22.1 Å². The van der Waals surface area contributed by atoms with Gasteiger partial charge in [0.1, 0.15) is 0 Å². The molecule has 0 aliphatic carbocycles. The minimum absolute atomic E-state index is 1.16. The summed E-state index contributed by atoms with van der Waals surface area (Å²) in [6.07, 6.45) is 0. The maximum absolute atomic E-state index is 2.46. The van der Waals surface area contributed by atoms with Crippen molar-refractivity contribution in [2.45, 2.75) is 0 Å². The van der Waals surface area contributed by atoms with Crippen LogP contribution in [0.25, 0.3) is 131 Å². The van der Waals surface area contributed by atoms with E-state index >= 15 is 0 Å². The van der Waals surface area contributed by atoms with Gasteiger partial charge in [-0.15, -0.1) is 0 Å². The first-order chi connectivity index (χ1) is 31.8. The fourth-order valence-corrected chi connectivity index (χ4v) is 11.1. The molecule has 64 heavy (non-hydrogen) atoms. The van der Waals surface area contributed by atoms with Crippen molar-refractivity contribution in [1.82, 2.24) is 9.13 Å². The number of fused-ring (bicyclic) bond motifs is 16. The molecule has 0 amide bonds. The Balaban J connectivity index is 0.975. The maximum atomic E-state index is 2.46. The monoisotopic (exact) mass is 810 g/mol. The lowest BCUT2D eigenvalue weighted by Gasteiger charge is -2.19. The van der Waals surface area contributed by atoms with E-state index < -0.39 is 0 Å². The Morgan fingerprint density at radius 1 is 0.203 bits per heavy atom. The largest absolute Gasteiger partial charge is 0.309 e. The first-order valence-corrected chi connectivity index (χ1v) is 22.2. The molecule has 0 saturated carbocycles. The highest BCUT2D eigenvalue weighted by molar-refractivity contribution is 6.38. The van der Waals surface area contributed by atoms with Crippen LogP contribution in [0.3, 0.4) is 0 Å². The van der Waals surface area contributed by atoms with Gasteiger partial charge in [0.2, 0.25) is 0 Å². The maximum Gasteiger partial charge on any atom is 0.0541 e. The lowest BCUT2D eigenvalue weighted by molar-refractivity contribution is 1.18. The molecule has 0 atom stereocenters. The van der Waals surface area contributed by atoms with Crippen LogP contribution in [0.15, 0.2) is 231 Å². The molecule has 0 spiro atoms. The molecular formula is C62H38N2. The second-order valence-corrected chi connectivity index (χ2v) is 17.2. The molecule has 0 aliphatic heterocycles. The highest BCUT2D eigenvalue weighted by atomic mass is 15.0. The highest BCUT2D eigenvalue weighted by Gasteiger charge is 2.20. The molecule has 0 bridgehead atoms. The molecular weight excluding hydrogens is 773 g/mol. The summed E-state index contributed by atoms with van der Waals surface area (Å²) in [4.78, 5) is 0. The number of aromatic nitrogens is 2. The average Bonchev–Trinajstić information content (AvgIpc) is 3.89. The van der Waals surface area contributed by atoms with E-state index in [2.05, 4.69) is 240 Å². The highest BCUT2D eigenvalue weighted by Crippen LogP contribution is 2.47. The number of rotatable bonds is 4. The van der Waals surface area contributed by atoms with E-state index in [9.17, 15) is 0 Å². The smallest absolute Gasteiger partial charge is 0.0541 e. The van der Waals surface area contributed by atoms with Crippen molar-refractivity contribution in [3.63, 3.8) is 0 Å². The van der Waals surface area contributed by atoms with Crippen LogP contribution in [0.5, 0.6) is 0 Å². The Kier molecular flexibility index (Phi) is 7.43. The Morgan fingerprint density at radius 3 is 0.797 bits per heavy atom. The molecule has 2 heterocycles. The normalized spacial score (nSPS) is 12.1. The lowest BCUT2D eigenvalue weighted by Crippen LogP contribution is -1.94. The van der Waals surface area contributed by atoms with Gasteiger partial charge < -0.3 is 9.13 Å². The van der Waals surface area contributed by atoms with Crippen molar-refractivity contribution in [2.24, 2.45) is 0 Å². The molecule has 0 radical (unpaired) electrons. The Morgan fingerprint density at radius 2 is 0.469 bits per heavy atom. The third-order valence-corrected chi connectivity index (χ3v) is 13.9. The summed E-state index contributed by atoms with van der Waals surface area (Å²) < 4.78 is 4.79. The first-order valence-electron chi connectivity index (χ1n) is 22.2. The van der Waals surface area contributed by atoms with Crippen LogP contribution in [-0.2, 0) is 0 Å². The van der Waals surface area contributed by atoms with Crippen molar-refractivity contribution in [1.29, 1.82) is 0 Å². The predicted molar refractivity (Wildman–Crippen MR) is 274 cm³/mol. The molecule has 296 valence electrons. The van der Waals surface area contributed by atoms with Crippen LogP contribution in [-0.4, -0.2) is 9.13 Å².